The minimum atomic E-state index is -3.82. The third kappa shape index (κ3) is 4.66. The van der Waals surface area contributed by atoms with Gasteiger partial charge in [-0.15, -0.1) is 12.4 Å². The summed E-state index contributed by atoms with van der Waals surface area (Å²) >= 11 is 0. The summed E-state index contributed by atoms with van der Waals surface area (Å²) in [4.78, 5) is 11.4. The summed E-state index contributed by atoms with van der Waals surface area (Å²) in [5, 5.41) is 0. The molecule has 2 aromatic carbocycles. The van der Waals surface area contributed by atoms with Gasteiger partial charge in [-0.3, -0.25) is 0 Å². The molecule has 0 heterocycles. The van der Waals surface area contributed by atoms with Crippen molar-refractivity contribution in [2.45, 2.75) is 18.9 Å². The van der Waals surface area contributed by atoms with Crippen molar-refractivity contribution < 1.29 is 23.0 Å². The maximum Gasteiger partial charge on any atom is 0.379 e. The van der Waals surface area contributed by atoms with Gasteiger partial charge in [0.1, 0.15) is 17.5 Å². The standard InChI is InChI=1S/C17H17F2NO3.ClH/c1-2-22-16(21)17(18,19)15(20)12-7-6-10-14(11-12)23-13-8-4-3-5-9-13;/h3-11,15H,2,20H2,1H3;1H/t15-;/m1./s1. The van der Waals surface area contributed by atoms with Crippen LogP contribution < -0.4 is 10.5 Å². The highest BCUT2D eigenvalue weighted by molar-refractivity contribution is 5.85. The lowest BCUT2D eigenvalue weighted by Gasteiger charge is -2.22. The topological polar surface area (TPSA) is 61.5 Å². The zero-order valence-electron chi connectivity index (χ0n) is 12.9. The van der Waals surface area contributed by atoms with Gasteiger partial charge in [-0.05, 0) is 36.8 Å². The Kier molecular flexibility index (Phi) is 7.13. The van der Waals surface area contributed by atoms with Crippen molar-refractivity contribution in [3.63, 3.8) is 0 Å². The largest absolute Gasteiger partial charge is 0.462 e. The van der Waals surface area contributed by atoms with Gasteiger partial charge in [-0.1, -0.05) is 30.3 Å². The number of benzene rings is 2. The zero-order valence-corrected chi connectivity index (χ0v) is 13.8. The van der Waals surface area contributed by atoms with Crippen molar-refractivity contribution >= 4 is 18.4 Å². The molecule has 0 amide bonds. The Bertz CT molecular complexity index is 668. The highest BCUT2D eigenvalue weighted by Crippen LogP contribution is 2.33. The van der Waals surface area contributed by atoms with E-state index in [1.807, 2.05) is 6.07 Å². The van der Waals surface area contributed by atoms with E-state index >= 15 is 0 Å². The third-order valence-corrected chi connectivity index (χ3v) is 3.13. The smallest absolute Gasteiger partial charge is 0.379 e. The van der Waals surface area contributed by atoms with Gasteiger partial charge in [0.05, 0.1) is 6.61 Å². The second-order valence-electron chi connectivity index (χ2n) is 4.81. The van der Waals surface area contributed by atoms with E-state index in [4.69, 9.17) is 10.5 Å². The fourth-order valence-corrected chi connectivity index (χ4v) is 1.96. The second kappa shape index (κ2) is 8.61. The van der Waals surface area contributed by atoms with E-state index in [1.54, 1.807) is 30.3 Å². The molecule has 0 aliphatic heterocycles. The van der Waals surface area contributed by atoms with Crippen molar-refractivity contribution in [2.24, 2.45) is 5.73 Å². The van der Waals surface area contributed by atoms with Gasteiger partial charge in [0.25, 0.3) is 0 Å². The summed E-state index contributed by atoms with van der Waals surface area (Å²) in [5.41, 5.74) is 5.64. The van der Waals surface area contributed by atoms with Crippen LogP contribution in [-0.4, -0.2) is 18.5 Å². The van der Waals surface area contributed by atoms with E-state index in [0.29, 0.717) is 11.5 Å². The van der Waals surface area contributed by atoms with Crippen LogP contribution in [0.15, 0.2) is 54.6 Å². The number of hydrogen-bond acceptors (Lipinski definition) is 4. The fourth-order valence-electron chi connectivity index (χ4n) is 1.96. The van der Waals surface area contributed by atoms with E-state index in [9.17, 15) is 13.6 Å². The Morgan fingerprint density at radius 1 is 1.12 bits per heavy atom. The number of alkyl halides is 2. The lowest BCUT2D eigenvalue weighted by atomic mass is 10.0. The highest BCUT2D eigenvalue weighted by Gasteiger charge is 2.47. The fraction of sp³-hybridized carbons (Fsp3) is 0.235. The molecular formula is C17H18ClF2NO3. The zero-order chi connectivity index (χ0) is 16.9. The second-order valence-corrected chi connectivity index (χ2v) is 4.81. The predicted octanol–water partition coefficient (Wildman–Crippen LogP) is 4.10. The summed E-state index contributed by atoms with van der Waals surface area (Å²) in [7, 11) is 0. The summed E-state index contributed by atoms with van der Waals surface area (Å²) in [6.45, 7) is 1.31. The van der Waals surface area contributed by atoms with Crippen LogP contribution in [-0.2, 0) is 9.53 Å². The first kappa shape index (κ1) is 19.9. The number of para-hydroxylation sites is 1. The average Bonchev–Trinajstić information content (AvgIpc) is 2.55. The van der Waals surface area contributed by atoms with Gasteiger partial charge < -0.3 is 15.2 Å². The first-order valence-corrected chi connectivity index (χ1v) is 7.08. The van der Waals surface area contributed by atoms with Gasteiger partial charge in [-0.2, -0.15) is 8.78 Å². The van der Waals surface area contributed by atoms with Crippen LogP contribution in [0.3, 0.4) is 0 Å². The van der Waals surface area contributed by atoms with Gasteiger partial charge in [0.15, 0.2) is 0 Å². The van der Waals surface area contributed by atoms with Crippen LogP contribution in [0.25, 0.3) is 0 Å². The molecule has 0 saturated carbocycles. The summed E-state index contributed by atoms with van der Waals surface area (Å²) in [6.07, 6.45) is 0. The van der Waals surface area contributed by atoms with Crippen molar-refractivity contribution in [2.75, 3.05) is 6.61 Å². The van der Waals surface area contributed by atoms with Crippen molar-refractivity contribution in [1.29, 1.82) is 0 Å². The summed E-state index contributed by atoms with van der Waals surface area (Å²) in [6, 6.07) is 13.0. The number of carbonyl (C=O) groups is 1. The quantitative estimate of drug-likeness (QED) is 0.791. The van der Waals surface area contributed by atoms with Gasteiger partial charge in [0.2, 0.25) is 0 Å². The minimum Gasteiger partial charge on any atom is -0.462 e. The molecule has 2 N–H and O–H groups in total. The van der Waals surface area contributed by atoms with Crippen molar-refractivity contribution in [3.05, 3.63) is 60.2 Å². The van der Waals surface area contributed by atoms with Crippen LogP contribution in [0.5, 0.6) is 11.5 Å². The molecule has 7 heteroatoms. The molecule has 0 radical (unpaired) electrons. The van der Waals surface area contributed by atoms with Crippen LogP contribution in [0.2, 0.25) is 0 Å². The first-order chi connectivity index (χ1) is 10.9. The first-order valence-electron chi connectivity index (χ1n) is 7.08. The average molecular weight is 358 g/mol. The highest BCUT2D eigenvalue weighted by atomic mass is 35.5. The lowest BCUT2D eigenvalue weighted by molar-refractivity contribution is -0.174. The molecule has 2 aromatic rings. The molecule has 0 aliphatic rings. The van der Waals surface area contributed by atoms with Crippen LogP contribution >= 0.6 is 12.4 Å². The monoisotopic (exact) mass is 357 g/mol. The number of hydrogen-bond donors (Lipinski definition) is 1. The Balaban J connectivity index is 0.00000288. The predicted molar refractivity (Wildman–Crippen MR) is 88.7 cm³/mol. The van der Waals surface area contributed by atoms with Crippen molar-refractivity contribution in [1.82, 2.24) is 0 Å². The van der Waals surface area contributed by atoms with Gasteiger partial charge in [-0.25, -0.2) is 4.79 Å². The van der Waals surface area contributed by atoms with Crippen LogP contribution in [0, 0.1) is 0 Å². The molecule has 0 spiro atoms. The Labute approximate surface area is 145 Å². The molecule has 1 atom stereocenters. The van der Waals surface area contributed by atoms with E-state index in [-0.39, 0.29) is 24.6 Å². The molecular weight excluding hydrogens is 340 g/mol. The molecule has 0 saturated heterocycles. The van der Waals surface area contributed by atoms with E-state index < -0.39 is 17.9 Å². The molecule has 0 fully saturated rings. The van der Waals surface area contributed by atoms with Gasteiger partial charge in [0, 0.05) is 0 Å². The van der Waals surface area contributed by atoms with Crippen LogP contribution in [0.4, 0.5) is 8.78 Å². The van der Waals surface area contributed by atoms with Crippen LogP contribution in [0.1, 0.15) is 18.5 Å². The van der Waals surface area contributed by atoms with E-state index in [1.165, 1.54) is 25.1 Å². The number of esters is 1. The van der Waals surface area contributed by atoms with E-state index in [0.717, 1.165) is 0 Å². The maximum atomic E-state index is 14.0. The number of nitrogens with two attached hydrogens (primary N) is 1. The Morgan fingerprint density at radius 2 is 1.75 bits per heavy atom. The molecule has 0 unspecified atom stereocenters. The molecule has 0 aliphatic carbocycles. The number of rotatable bonds is 6. The van der Waals surface area contributed by atoms with Gasteiger partial charge >= 0.3 is 11.9 Å². The maximum absolute atomic E-state index is 14.0. The SMILES string of the molecule is CCOC(=O)C(F)(F)[C@H](N)c1cccc(Oc2ccccc2)c1.Cl. The Hall–Kier alpha value is -2.18. The molecule has 0 aromatic heterocycles. The number of carbonyl (C=O) groups excluding carboxylic acids is 1. The molecule has 2 rings (SSSR count). The van der Waals surface area contributed by atoms with E-state index in [2.05, 4.69) is 4.74 Å². The number of ether oxygens (including phenoxy) is 2. The normalized spacial score (nSPS) is 12.0. The molecule has 24 heavy (non-hydrogen) atoms. The van der Waals surface area contributed by atoms with Crippen molar-refractivity contribution in [3.8, 4) is 11.5 Å². The summed E-state index contributed by atoms with van der Waals surface area (Å²) in [5.74, 6) is -4.54. The number of halogens is 3. The third-order valence-electron chi connectivity index (χ3n) is 3.13. The molecule has 4 nitrogen and oxygen atoms in total. The minimum absolute atomic E-state index is 0. The summed E-state index contributed by atoms with van der Waals surface area (Å²) < 4.78 is 38.0. The lowest BCUT2D eigenvalue weighted by Crippen LogP contribution is -2.41. The Morgan fingerprint density at radius 3 is 2.38 bits per heavy atom. The molecule has 130 valence electrons. The molecule has 0 bridgehead atoms.